The maximum absolute atomic E-state index is 13.3. The van der Waals surface area contributed by atoms with Crippen molar-refractivity contribution in [2.24, 2.45) is 0 Å². The zero-order valence-corrected chi connectivity index (χ0v) is 12.5. The van der Waals surface area contributed by atoms with Crippen LogP contribution in [0.2, 0.25) is 0 Å². The van der Waals surface area contributed by atoms with Gasteiger partial charge < -0.3 is 14.8 Å². The highest BCUT2D eigenvalue weighted by molar-refractivity contribution is 5.58. The normalized spacial score (nSPS) is 11.8. The minimum Gasteiger partial charge on any atom is -0.496 e. The van der Waals surface area contributed by atoms with E-state index in [4.69, 9.17) is 9.47 Å². The molecular formula is C17H20FNO2. The molecule has 0 amide bonds. The van der Waals surface area contributed by atoms with Crippen molar-refractivity contribution in [1.29, 1.82) is 0 Å². The molecule has 0 heterocycles. The van der Waals surface area contributed by atoms with E-state index in [1.807, 2.05) is 38.1 Å². The summed E-state index contributed by atoms with van der Waals surface area (Å²) in [7, 11) is 1.65. The van der Waals surface area contributed by atoms with E-state index in [-0.39, 0.29) is 11.9 Å². The van der Waals surface area contributed by atoms with Crippen molar-refractivity contribution in [1.82, 2.24) is 0 Å². The van der Waals surface area contributed by atoms with Gasteiger partial charge in [0, 0.05) is 11.6 Å². The molecule has 2 rings (SSSR count). The Morgan fingerprint density at radius 1 is 1.14 bits per heavy atom. The van der Waals surface area contributed by atoms with Gasteiger partial charge >= 0.3 is 0 Å². The maximum Gasteiger partial charge on any atom is 0.145 e. The molecular weight excluding hydrogens is 269 g/mol. The predicted molar refractivity (Wildman–Crippen MR) is 82.6 cm³/mol. The fourth-order valence-corrected chi connectivity index (χ4v) is 2.23. The highest BCUT2D eigenvalue weighted by Gasteiger charge is 2.13. The molecule has 0 aliphatic rings. The lowest BCUT2D eigenvalue weighted by Crippen LogP contribution is -2.09. The molecule has 0 saturated heterocycles. The Morgan fingerprint density at radius 2 is 1.90 bits per heavy atom. The van der Waals surface area contributed by atoms with E-state index >= 15 is 0 Å². The molecule has 0 bridgehead atoms. The van der Waals surface area contributed by atoms with Gasteiger partial charge in [-0.15, -0.1) is 0 Å². The summed E-state index contributed by atoms with van der Waals surface area (Å²) in [5.74, 6) is 1.02. The Labute approximate surface area is 124 Å². The van der Waals surface area contributed by atoms with Crippen LogP contribution in [0.4, 0.5) is 10.1 Å². The SMILES string of the molecule is CCOc1cc(F)ccc1NC(C)c1ccccc1OC. The van der Waals surface area contributed by atoms with E-state index in [1.54, 1.807) is 13.2 Å². The number of anilines is 1. The first kappa shape index (κ1) is 15.2. The Balaban J connectivity index is 2.25. The van der Waals surface area contributed by atoms with Gasteiger partial charge in [0.15, 0.2) is 0 Å². The third-order valence-corrected chi connectivity index (χ3v) is 3.22. The molecule has 1 atom stereocenters. The molecule has 1 unspecified atom stereocenters. The number of nitrogens with one attached hydrogen (secondary N) is 1. The minimum absolute atomic E-state index is 0.00539. The largest absolute Gasteiger partial charge is 0.496 e. The van der Waals surface area contributed by atoms with Crippen molar-refractivity contribution in [2.45, 2.75) is 19.9 Å². The first-order chi connectivity index (χ1) is 10.2. The Morgan fingerprint density at radius 3 is 2.62 bits per heavy atom. The first-order valence-corrected chi connectivity index (χ1v) is 6.97. The number of hydrogen-bond donors (Lipinski definition) is 1. The second kappa shape index (κ2) is 6.97. The second-order valence-corrected chi connectivity index (χ2v) is 4.68. The summed E-state index contributed by atoms with van der Waals surface area (Å²) < 4.78 is 24.2. The zero-order valence-electron chi connectivity index (χ0n) is 12.5. The van der Waals surface area contributed by atoms with Crippen LogP contribution in [-0.2, 0) is 0 Å². The molecule has 0 saturated carbocycles. The molecule has 4 heteroatoms. The topological polar surface area (TPSA) is 30.5 Å². The molecule has 0 spiro atoms. The molecule has 0 aliphatic heterocycles. The number of hydrogen-bond acceptors (Lipinski definition) is 3. The second-order valence-electron chi connectivity index (χ2n) is 4.68. The van der Waals surface area contributed by atoms with Gasteiger partial charge in [0.2, 0.25) is 0 Å². The summed E-state index contributed by atoms with van der Waals surface area (Å²) in [5, 5.41) is 3.34. The summed E-state index contributed by atoms with van der Waals surface area (Å²) >= 11 is 0. The van der Waals surface area contributed by atoms with Crippen LogP contribution in [0.5, 0.6) is 11.5 Å². The Kier molecular flexibility index (Phi) is 5.04. The van der Waals surface area contributed by atoms with Crippen molar-refractivity contribution >= 4 is 5.69 Å². The summed E-state index contributed by atoms with van der Waals surface area (Å²) in [5.41, 5.74) is 1.79. The standard InChI is InChI=1S/C17H20FNO2/c1-4-21-17-11-13(18)9-10-15(17)19-12(2)14-7-5-6-8-16(14)20-3/h5-12,19H,4H2,1-3H3. The van der Waals surface area contributed by atoms with Gasteiger partial charge in [0.1, 0.15) is 17.3 Å². The average Bonchev–Trinajstić information content (AvgIpc) is 2.50. The average molecular weight is 289 g/mol. The van der Waals surface area contributed by atoms with Gasteiger partial charge in [-0.05, 0) is 32.0 Å². The van der Waals surface area contributed by atoms with Crippen molar-refractivity contribution in [3.05, 3.63) is 53.8 Å². The van der Waals surface area contributed by atoms with Gasteiger partial charge in [-0.2, -0.15) is 0 Å². The van der Waals surface area contributed by atoms with E-state index in [0.717, 1.165) is 17.0 Å². The van der Waals surface area contributed by atoms with Crippen LogP contribution in [0.3, 0.4) is 0 Å². The lowest BCUT2D eigenvalue weighted by Gasteiger charge is -2.20. The van der Waals surface area contributed by atoms with E-state index in [1.165, 1.54) is 12.1 Å². The summed E-state index contributed by atoms with van der Waals surface area (Å²) in [6.45, 7) is 4.39. The van der Waals surface area contributed by atoms with Crippen LogP contribution in [0.15, 0.2) is 42.5 Å². The lowest BCUT2D eigenvalue weighted by atomic mass is 10.1. The van der Waals surface area contributed by atoms with Gasteiger partial charge in [0.25, 0.3) is 0 Å². The predicted octanol–water partition coefficient (Wildman–Crippen LogP) is 4.41. The summed E-state index contributed by atoms with van der Waals surface area (Å²) in [6, 6.07) is 12.3. The molecule has 21 heavy (non-hydrogen) atoms. The molecule has 2 aromatic carbocycles. The minimum atomic E-state index is -0.311. The van der Waals surface area contributed by atoms with Crippen LogP contribution >= 0.6 is 0 Å². The number of para-hydroxylation sites is 1. The van der Waals surface area contributed by atoms with Crippen molar-refractivity contribution in [3.63, 3.8) is 0 Å². The van der Waals surface area contributed by atoms with Crippen LogP contribution in [0.25, 0.3) is 0 Å². The number of halogens is 1. The van der Waals surface area contributed by atoms with Crippen molar-refractivity contribution in [3.8, 4) is 11.5 Å². The molecule has 1 N–H and O–H groups in total. The fraction of sp³-hybridized carbons (Fsp3) is 0.294. The van der Waals surface area contributed by atoms with Crippen LogP contribution in [-0.4, -0.2) is 13.7 Å². The third kappa shape index (κ3) is 3.66. The highest BCUT2D eigenvalue weighted by atomic mass is 19.1. The smallest absolute Gasteiger partial charge is 0.145 e. The van der Waals surface area contributed by atoms with Crippen LogP contribution in [0, 0.1) is 5.82 Å². The van der Waals surface area contributed by atoms with E-state index in [2.05, 4.69) is 5.32 Å². The Hall–Kier alpha value is -2.23. The van der Waals surface area contributed by atoms with Crippen LogP contribution in [0.1, 0.15) is 25.5 Å². The monoisotopic (exact) mass is 289 g/mol. The number of ether oxygens (including phenoxy) is 2. The van der Waals surface area contributed by atoms with E-state index in [0.29, 0.717) is 12.4 Å². The van der Waals surface area contributed by atoms with Crippen molar-refractivity contribution in [2.75, 3.05) is 19.0 Å². The molecule has 0 fully saturated rings. The lowest BCUT2D eigenvalue weighted by molar-refractivity contribution is 0.339. The third-order valence-electron chi connectivity index (χ3n) is 3.22. The Bertz CT molecular complexity index is 601. The first-order valence-electron chi connectivity index (χ1n) is 6.97. The fourth-order valence-electron chi connectivity index (χ4n) is 2.23. The molecule has 2 aromatic rings. The van der Waals surface area contributed by atoms with Gasteiger partial charge in [-0.3, -0.25) is 0 Å². The summed E-state index contributed by atoms with van der Waals surface area (Å²) in [6.07, 6.45) is 0. The molecule has 0 aromatic heterocycles. The number of benzene rings is 2. The van der Waals surface area contributed by atoms with Crippen molar-refractivity contribution < 1.29 is 13.9 Å². The van der Waals surface area contributed by atoms with E-state index in [9.17, 15) is 4.39 Å². The molecule has 0 radical (unpaired) electrons. The maximum atomic E-state index is 13.3. The molecule has 112 valence electrons. The van der Waals surface area contributed by atoms with Gasteiger partial charge in [0.05, 0.1) is 25.4 Å². The number of methoxy groups -OCH3 is 1. The molecule has 3 nitrogen and oxygen atoms in total. The van der Waals surface area contributed by atoms with Crippen LogP contribution < -0.4 is 14.8 Å². The van der Waals surface area contributed by atoms with Gasteiger partial charge in [-0.1, -0.05) is 18.2 Å². The zero-order chi connectivity index (χ0) is 15.2. The highest BCUT2D eigenvalue weighted by Crippen LogP contribution is 2.32. The van der Waals surface area contributed by atoms with Gasteiger partial charge in [-0.25, -0.2) is 4.39 Å². The summed E-state index contributed by atoms with van der Waals surface area (Å²) in [4.78, 5) is 0. The molecule has 0 aliphatic carbocycles. The van der Waals surface area contributed by atoms with E-state index < -0.39 is 0 Å². The number of rotatable bonds is 6. The quantitative estimate of drug-likeness (QED) is 0.854.